The van der Waals surface area contributed by atoms with Crippen LogP contribution < -0.4 is 0 Å². The van der Waals surface area contributed by atoms with Gasteiger partial charge in [0, 0.05) is 0 Å². The van der Waals surface area contributed by atoms with Crippen molar-refractivity contribution >= 4 is 0 Å². The minimum atomic E-state index is 0.446. The molecule has 0 spiro atoms. The van der Waals surface area contributed by atoms with Crippen LogP contribution in [0.2, 0.25) is 0 Å². The minimum absolute atomic E-state index is 0.446. The molecule has 2 aromatic carbocycles. The average molecular weight is 298 g/mol. The number of phenolic OH excluding ortho intramolecular Hbond substituents is 1. The van der Waals surface area contributed by atoms with Gasteiger partial charge in [-0.25, -0.2) is 0 Å². The lowest BCUT2D eigenvalue weighted by molar-refractivity contribution is 0.465. The lowest BCUT2D eigenvalue weighted by atomic mass is 9.89. The van der Waals surface area contributed by atoms with Gasteiger partial charge in [-0.1, -0.05) is 57.0 Å². The van der Waals surface area contributed by atoms with Gasteiger partial charge in [0.1, 0.15) is 5.75 Å². The summed E-state index contributed by atoms with van der Waals surface area (Å²) in [5.74, 6) is 0.446. The zero-order valence-corrected chi connectivity index (χ0v) is 15.0. The lowest BCUT2D eigenvalue weighted by Crippen LogP contribution is -2.01. The summed E-state index contributed by atoms with van der Waals surface area (Å²) in [4.78, 5) is 0. The van der Waals surface area contributed by atoms with Gasteiger partial charge >= 0.3 is 0 Å². The molecule has 1 heteroatoms. The molecule has 0 atom stereocenters. The Morgan fingerprint density at radius 3 is 1.59 bits per heavy atom. The van der Waals surface area contributed by atoms with Crippen LogP contribution in [0.15, 0.2) is 30.3 Å². The molecule has 1 nitrogen and oxygen atoms in total. The van der Waals surface area contributed by atoms with Gasteiger partial charge in [0.15, 0.2) is 0 Å². The summed E-state index contributed by atoms with van der Waals surface area (Å²) < 4.78 is 0. The Balaban J connectivity index is 0.000000541. The number of aromatic hydroxyl groups is 1. The largest absolute Gasteiger partial charge is 0.507 e. The average Bonchev–Trinajstić information content (AvgIpc) is 2.56. The summed E-state index contributed by atoms with van der Waals surface area (Å²) in [5, 5.41) is 10.1. The van der Waals surface area contributed by atoms with Gasteiger partial charge in [0.2, 0.25) is 0 Å². The molecule has 0 heterocycles. The molecule has 120 valence electrons. The maximum Gasteiger partial charge on any atom is 0.121 e. The van der Waals surface area contributed by atoms with E-state index in [0.717, 1.165) is 17.5 Å². The smallest absolute Gasteiger partial charge is 0.121 e. The zero-order valence-electron chi connectivity index (χ0n) is 15.0. The molecule has 0 unspecified atom stereocenters. The van der Waals surface area contributed by atoms with Crippen LogP contribution in [0.4, 0.5) is 0 Å². The number of benzene rings is 2. The van der Waals surface area contributed by atoms with Crippen LogP contribution in [0.5, 0.6) is 5.75 Å². The third-order valence-electron chi connectivity index (χ3n) is 4.46. The number of hydrogen-bond acceptors (Lipinski definition) is 1. The first kappa shape index (κ1) is 18.3. The van der Waals surface area contributed by atoms with E-state index >= 15 is 0 Å². The van der Waals surface area contributed by atoms with Crippen molar-refractivity contribution in [1.82, 2.24) is 0 Å². The summed E-state index contributed by atoms with van der Waals surface area (Å²) in [6, 6.07) is 10.5. The van der Waals surface area contributed by atoms with E-state index in [9.17, 15) is 5.11 Å². The van der Waals surface area contributed by atoms with E-state index < -0.39 is 0 Å². The topological polar surface area (TPSA) is 20.2 Å². The Bertz CT molecular complexity index is 566. The van der Waals surface area contributed by atoms with E-state index in [1.165, 1.54) is 35.1 Å². The fourth-order valence-electron chi connectivity index (χ4n) is 2.44. The molecule has 0 radical (unpaired) electrons. The molecule has 1 N–H and O–H groups in total. The summed E-state index contributed by atoms with van der Waals surface area (Å²) >= 11 is 0. The van der Waals surface area contributed by atoms with E-state index in [0.29, 0.717) is 5.75 Å². The normalized spacial score (nSPS) is 10.1. The number of phenols is 1. The predicted molar refractivity (Wildman–Crippen MR) is 96.9 cm³/mol. The Hall–Kier alpha value is -1.76. The third-order valence-corrected chi connectivity index (χ3v) is 4.46. The SMILES string of the molecule is CCCC.Cc1c(C)c(Cc2ccccc2)c(C)c(C)c1O. The molecule has 22 heavy (non-hydrogen) atoms. The first-order valence-electron chi connectivity index (χ1n) is 8.26. The molecule has 2 rings (SSSR count). The second kappa shape index (κ2) is 8.63. The summed E-state index contributed by atoms with van der Waals surface area (Å²) in [6.45, 7) is 12.5. The Morgan fingerprint density at radius 1 is 0.727 bits per heavy atom. The highest BCUT2D eigenvalue weighted by molar-refractivity contribution is 5.54. The maximum absolute atomic E-state index is 10.1. The quantitative estimate of drug-likeness (QED) is 0.734. The van der Waals surface area contributed by atoms with Crippen LogP contribution in [0.1, 0.15) is 60.1 Å². The van der Waals surface area contributed by atoms with Gasteiger partial charge in [-0.15, -0.1) is 0 Å². The van der Waals surface area contributed by atoms with Gasteiger partial charge in [0.05, 0.1) is 0 Å². The number of hydrogen-bond donors (Lipinski definition) is 1. The molecular weight excluding hydrogens is 268 g/mol. The molecule has 0 aliphatic carbocycles. The van der Waals surface area contributed by atoms with E-state index in [1.807, 2.05) is 19.9 Å². The first-order valence-corrected chi connectivity index (χ1v) is 8.26. The van der Waals surface area contributed by atoms with Crippen LogP contribution >= 0.6 is 0 Å². The summed E-state index contributed by atoms with van der Waals surface area (Å²) in [6.07, 6.45) is 3.57. The van der Waals surface area contributed by atoms with E-state index in [2.05, 4.69) is 52.0 Å². The van der Waals surface area contributed by atoms with E-state index in [-0.39, 0.29) is 0 Å². The van der Waals surface area contributed by atoms with Crippen LogP contribution in [-0.4, -0.2) is 5.11 Å². The van der Waals surface area contributed by atoms with Crippen molar-refractivity contribution in [3.8, 4) is 5.75 Å². The monoisotopic (exact) mass is 298 g/mol. The highest BCUT2D eigenvalue weighted by Crippen LogP contribution is 2.32. The molecule has 0 saturated heterocycles. The van der Waals surface area contributed by atoms with Crippen LogP contribution in [0.3, 0.4) is 0 Å². The van der Waals surface area contributed by atoms with E-state index in [4.69, 9.17) is 0 Å². The molecule has 0 aliphatic rings. The summed E-state index contributed by atoms with van der Waals surface area (Å²) in [5.41, 5.74) is 7.08. The van der Waals surface area contributed by atoms with Gasteiger partial charge in [-0.3, -0.25) is 0 Å². The summed E-state index contributed by atoms with van der Waals surface area (Å²) in [7, 11) is 0. The second-order valence-corrected chi connectivity index (χ2v) is 5.99. The van der Waals surface area contributed by atoms with Crippen LogP contribution in [-0.2, 0) is 6.42 Å². The van der Waals surface area contributed by atoms with Crippen molar-refractivity contribution in [1.29, 1.82) is 0 Å². The second-order valence-electron chi connectivity index (χ2n) is 5.99. The molecule has 0 aliphatic heterocycles. The van der Waals surface area contributed by atoms with Crippen molar-refractivity contribution in [3.63, 3.8) is 0 Å². The molecule has 0 saturated carbocycles. The Labute approximate surface area is 136 Å². The molecule has 0 fully saturated rings. The molecule has 0 amide bonds. The zero-order chi connectivity index (χ0) is 16.7. The van der Waals surface area contributed by atoms with Gasteiger partial charge in [0.25, 0.3) is 0 Å². The first-order chi connectivity index (χ1) is 10.4. The van der Waals surface area contributed by atoms with Gasteiger partial charge in [-0.2, -0.15) is 0 Å². The number of unbranched alkanes of at least 4 members (excludes halogenated alkanes) is 1. The molecule has 2 aromatic rings. The Kier molecular flexibility index (Phi) is 7.17. The molecule has 0 aromatic heterocycles. The van der Waals surface area contributed by atoms with Crippen LogP contribution in [0.25, 0.3) is 0 Å². The Morgan fingerprint density at radius 2 is 1.18 bits per heavy atom. The van der Waals surface area contributed by atoms with Crippen molar-refractivity contribution < 1.29 is 5.11 Å². The minimum Gasteiger partial charge on any atom is -0.507 e. The standard InChI is InChI=1S/C17H20O.C4H10/c1-11-13(3)17(18)14(4)12(2)16(11)10-15-8-6-5-7-9-15;1-3-4-2/h5-9,18H,10H2,1-4H3;3-4H2,1-2H3. The van der Waals surface area contributed by atoms with Crippen molar-refractivity contribution in [3.05, 3.63) is 63.7 Å². The highest BCUT2D eigenvalue weighted by atomic mass is 16.3. The lowest BCUT2D eigenvalue weighted by Gasteiger charge is -2.17. The highest BCUT2D eigenvalue weighted by Gasteiger charge is 2.13. The predicted octanol–water partition coefficient (Wildman–Crippen LogP) is 6.02. The third kappa shape index (κ3) is 4.37. The molecule has 0 bridgehead atoms. The fraction of sp³-hybridized carbons (Fsp3) is 0.429. The number of rotatable bonds is 3. The van der Waals surface area contributed by atoms with Crippen molar-refractivity contribution in [2.75, 3.05) is 0 Å². The van der Waals surface area contributed by atoms with Gasteiger partial charge in [-0.05, 0) is 67.5 Å². The van der Waals surface area contributed by atoms with Crippen molar-refractivity contribution in [2.24, 2.45) is 0 Å². The maximum atomic E-state index is 10.1. The van der Waals surface area contributed by atoms with Crippen LogP contribution in [0, 0.1) is 27.7 Å². The molecular formula is C21H30O. The van der Waals surface area contributed by atoms with Crippen molar-refractivity contribution in [2.45, 2.75) is 60.8 Å². The van der Waals surface area contributed by atoms with E-state index in [1.54, 1.807) is 0 Å². The fourth-order valence-corrected chi connectivity index (χ4v) is 2.44. The van der Waals surface area contributed by atoms with Gasteiger partial charge < -0.3 is 5.11 Å².